The molecule has 3 amide bonds. The Kier molecular flexibility index (Phi) is 4.17. The standard InChI is InChI=1S/C17H20N2O4/c1-11-9-23-10-12(2)19(11)15(20)7-8-18-16(21)13-5-3-4-6-14(13)17(18)22/h3-6,11-12H,7-10H2,1-2H3. The topological polar surface area (TPSA) is 66.9 Å². The molecule has 2 atom stereocenters. The van der Waals surface area contributed by atoms with Crippen molar-refractivity contribution in [2.75, 3.05) is 19.8 Å². The summed E-state index contributed by atoms with van der Waals surface area (Å²) in [4.78, 5) is 40.0. The van der Waals surface area contributed by atoms with E-state index < -0.39 is 0 Å². The summed E-state index contributed by atoms with van der Waals surface area (Å²) in [7, 11) is 0. The molecule has 1 saturated heterocycles. The van der Waals surface area contributed by atoms with Crippen molar-refractivity contribution in [2.24, 2.45) is 0 Å². The summed E-state index contributed by atoms with van der Waals surface area (Å²) in [6.45, 7) is 5.03. The van der Waals surface area contributed by atoms with Crippen molar-refractivity contribution in [1.82, 2.24) is 9.80 Å². The van der Waals surface area contributed by atoms with Crippen LogP contribution in [0.2, 0.25) is 0 Å². The predicted octanol–water partition coefficient (Wildman–Crippen LogP) is 1.31. The predicted molar refractivity (Wildman–Crippen MR) is 83.0 cm³/mol. The lowest BCUT2D eigenvalue weighted by molar-refractivity contribution is -0.144. The van der Waals surface area contributed by atoms with Gasteiger partial charge in [-0.05, 0) is 26.0 Å². The van der Waals surface area contributed by atoms with E-state index in [9.17, 15) is 14.4 Å². The first-order chi connectivity index (χ1) is 11.0. The molecule has 0 spiro atoms. The van der Waals surface area contributed by atoms with E-state index >= 15 is 0 Å². The van der Waals surface area contributed by atoms with Crippen LogP contribution in [0.5, 0.6) is 0 Å². The maximum absolute atomic E-state index is 12.5. The molecule has 122 valence electrons. The molecule has 0 aromatic heterocycles. The molecule has 2 unspecified atom stereocenters. The molecular weight excluding hydrogens is 296 g/mol. The van der Waals surface area contributed by atoms with Crippen LogP contribution in [0.3, 0.4) is 0 Å². The smallest absolute Gasteiger partial charge is 0.261 e. The van der Waals surface area contributed by atoms with Crippen LogP contribution in [-0.4, -0.2) is 59.4 Å². The number of morpholine rings is 1. The van der Waals surface area contributed by atoms with Gasteiger partial charge in [0.2, 0.25) is 5.91 Å². The van der Waals surface area contributed by atoms with Gasteiger partial charge < -0.3 is 9.64 Å². The van der Waals surface area contributed by atoms with E-state index in [2.05, 4.69) is 0 Å². The van der Waals surface area contributed by atoms with Crippen molar-refractivity contribution >= 4 is 17.7 Å². The number of benzene rings is 1. The summed E-state index contributed by atoms with van der Waals surface area (Å²) >= 11 is 0. The van der Waals surface area contributed by atoms with Gasteiger partial charge in [-0.15, -0.1) is 0 Å². The van der Waals surface area contributed by atoms with Gasteiger partial charge in [-0.2, -0.15) is 0 Å². The van der Waals surface area contributed by atoms with Crippen molar-refractivity contribution in [3.05, 3.63) is 35.4 Å². The molecule has 2 aliphatic heterocycles. The fourth-order valence-electron chi connectivity index (χ4n) is 3.27. The lowest BCUT2D eigenvalue weighted by atomic mass is 10.1. The number of imide groups is 1. The average Bonchev–Trinajstić information content (AvgIpc) is 2.77. The first kappa shape index (κ1) is 15.7. The molecule has 1 aromatic rings. The molecule has 1 aromatic carbocycles. The van der Waals surface area contributed by atoms with E-state index in [0.29, 0.717) is 24.3 Å². The minimum Gasteiger partial charge on any atom is -0.377 e. The molecule has 0 saturated carbocycles. The molecular formula is C17H20N2O4. The lowest BCUT2D eigenvalue weighted by Gasteiger charge is -2.39. The highest BCUT2D eigenvalue weighted by Gasteiger charge is 2.36. The molecule has 1 fully saturated rings. The van der Waals surface area contributed by atoms with Gasteiger partial charge in [0.1, 0.15) is 0 Å². The largest absolute Gasteiger partial charge is 0.377 e. The highest BCUT2D eigenvalue weighted by Crippen LogP contribution is 2.23. The summed E-state index contributed by atoms with van der Waals surface area (Å²) in [6.07, 6.45) is 0.139. The van der Waals surface area contributed by atoms with Crippen molar-refractivity contribution < 1.29 is 19.1 Å². The molecule has 0 radical (unpaired) electrons. The number of nitrogens with zero attached hydrogens (tertiary/aromatic N) is 2. The van der Waals surface area contributed by atoms with Crippen molar-refractivity contribution in [2.45, 2.75) is 32.4 Å². The molecule has 0 bridgehead atoms. The normalized spacial score (nSPS) is 24.1. The Balaban J connectivity index is 1.66. The van der Waals surface area contributed by atoms with E-state index in [1.54, 1.807) is 29.2 Å². The van der Waals surface area contributed by atoms with E-state index in [1.165, 1.54) is 4.90 Å². The molecule has 6 nitrogen and oxygen atoms in total. The Bertz CT molecular complexity index is 613. The number of carbonyl (C=O) groups excluding carboxylic acids is 3. The highest BCUT2D eigenvalue weighted by atomic mass is 16.5. The maximum Gasteiger partial charge on any atom is 0.261 e. The number of hydrogen-bond acceptors (Lipinski definition) is 4. The maximum atomic E-state index is 12.5. The van der Waals surface area contributed by atoms with Crippen LogP contribution >= 0.6 is 0 Å². The van der Waals surface area contributed by atoms with Crippen LogP contribution in [0.25, 0.3) is 0 Å². The molecule has 2 heterocycles. The monoisotopic (exact) mass is 316 g/mol. The minimum absolute atomic E-state index is 0.00780. The second kappa shape index (κ2) is 6.12. The second-order valence-electron chi connectivity index (χ2n) is 6.09. The number of carbonyl (C=O) groups is 3. The van der Waals surface area contributed by atoms with E-state index in [-0.39, 0.29) is 42.8 Å². The Morgan fingerprint density at radius 3 is 2.13 bits per heavy atom. The van der Waals surface area contributed by atoms with Crippen molar-refractivity contribution in [3.8, 4) is 0 Å². The first-order valence-electron chi connectivity index (χ1n) is 7.85. The minimum atomic E-state index is -0.318. The van der Waals surface area contributed by atoms with Gasteiger partial charge in [-0.1, -0.05) is 12.1 Å². The zero-order valence-corrected chi connectivity index (χ0v) is 13.3. The summed E-state index contributed by atoms with van der Waals surface area (Å²) in [6, 6.07) is 6.76. The highest BCUT2D eigenvalue weighted by molar-refractivity contribution is 6.21. The zero-order valence-electron chi connectivity index (χ0n) is 13.3. The Morgan fingerprint density at radius 2 is 1.61 bits per heavy atom. The molecule has 0 N–H and O–H groups in total. The summed E-state index contributed by atoms with van der Waals surface area (Å²) in [5.74, 6) is -0.687. The van der Waals surface area contributed by atoms with Crippen LogP contribution in [-0.2, 0) is 9.53 Å². The quantitative estimate of drug-likeness (QED) is 0.789. The van der Waals surface area contributed by atoms with E-state index in [4.69, 9.17) is 4.74 Å². The fourth-order valence-corrected chi connectivity index (χ4v) is 3.27. The SMILES string of the molecule is CC1COCC(C)N1C(=O)CCN1C(=O)c2ccccc2C1=O. The van der Waals surface area contributed by atoms with Crippen LogP contribution < -0.4 is 0 Å². The third kappa shape index (κ3) is 2.74. The molecule has 23 heavy (non-hydrogen) atoms. The summed E-state index contributed by atoms with van der Waals surface area (Å²) in [5.41, 5.74) is 0.830. The van der Waals surface area contributed by atoms with Gasteiger partial charge in [-0.25, -0.2) is 0 Å². The Labute approximate surface area is 135 Å². The summed E-state index contributed by atoms with van der Waals surface area (Å²) < 4.78 is 5.42. The zero-order chi connectivity index (χ0) is 16.6. The Hall–Kier alpha value is -2.21. The first-order valence-corrected chi connectivity index (χ1v) is 7.85. The van der Waals surface area contributed by atoms with Crippen molar-refractivity contribution in [1.29, 1.82) is 0 Å². The van der Waals surface area contributed by atoms with Crippen LogP contribution in [0, 0.1) is 0 Å². The van der Waals surface area contributed by atoms with Gasteiger partial charge in [0.25, 0.3) is 11.8 Å². The van der Waals surface area contributed by atoms with Crippen molar-refractivity contribution in [3.63, 3.8) is 0 Å². The number of rotatable bonds is 3. The number of hydrogen-bond donors (Lipinski definition) is 0. The van der Waals surface area contributed by atoms with Gasteiger partial charge in [0.05, 0.1) is 36.4 Å². The van der Waals surface area contributed by atoms with Crippen LogP contribution in [0.4, 0.5) is 0 Å². The lowest BCUT2D eigenvalue weighted by Crippen LogP contribution is -2.53. The second-order valence-corrected chi connectivity index (χ2v) is 6.09. The summed E-state index contributed by atoms with van der Waals surface area (Å²) in [5, 5.41) is 0. The van der Waals surface area contributed by atoms with Crippen LogP contribution in [0.1, 0.15) is 41.0 Å². The molecule has 6 heteroatoms. The van der Waals surface area contributed by atoms with Gasteiger partial charge in [0.15, 0.2) is 0 Å². The molecule has 3 rings (SSSR count). The molecule has 0 aliphatic carbocycles. The van der Waals surface area contributed by atoms with Crippen LogP contribution in [0.15, 0.2) is 24.3 Å². The van der Waals surface area contributed by atoms with E-state index in [1.807, 2.05) is 13.8 Å². The average molecular weight is 316 g/mol. The fraction of sp³-hybridized carbons (Fsp3) is 0.471. The van der Waals surface area contributed by atoms with Gasteiger partial charge >= 0.3 is 0 Å². The number of ether oxygens (including phenoxy) is 1. The third-order valence-electron chi connectivity index (χ3n) is 4.38. The van der Waals surface area contributed by atoms with E-state index in [0.717, 1.165) is 0 Å². The third-order valence-corrected chi connectivity index (χ3v) is 4.38. The number of fused-ring (bicyclic) bond motifs is 1. The van der Waals surface area contributed by atoms with Gasteiger partial charge in [-0.3, -0.25) is 19.3 Å². The Morgan fingerprint density at radius 1 is 1.09 bits per heavy atom. The number of amides is 3. The van der Waals surface area contributed by atoms with Gasteiger partial charge in [0, 0.05) is 13.0 Å². The molecule has 2 aliphatic rings.